The maximum Gasteiger partial charge on any atom is 0.164 e. The van der Waals surface area contributed by atoms with Gasteiger partial charge in [-0.2, -0.15) is 0 Å². The summed E-state index contributed by atoms with van der Waals surface area (Å²) < 4.78 is 0. The molecule has 1 atom stereocenters. The van der Waals surface area contributed by atoms with E-state index in [-0.39, 0.29) is 5.78 Å². The summed E-state index contributed by atoms with van der Waals surface area (Å²) in [6.45, 7) is 2.04. The van der Waals surface area contributed by atoms with Gasteiger partial charge >= 0.3 is 0 Å². The fourth-order valence-electron chi connectivity index (χ4n) is 3.27. The van der Waals surface area contributed by atoms with Crippen molar-refractivity contribution in [2.24, 2.45) is 4.99 Å². The number of ketones is 1. The summed E-state index contributed by atoms with van der Waals surface area (Å²) in [5.74, 6) is 1.52. The summed E-state index contributed by atoms with van der Waals surface area (Å²) in [5, 5.41) is 0. The second kappa shape index (κ2) is 6.21. The Labute approximate surface area is 120 Å². The highest BCUT2D eigenvalue weighted by Crippen LogP contribution is 2.24. The van der Waals surface area contributed by atoms with Gasteiger partial charge in [0.25, 0.3) is 0 Å². The quantitative estimate of drug-likeness (QED) is 0.789. The van der Waals surface area contributed by atoms with Gasteiger partial charge in [0.1, 0.15) is 0 Å². The van der Waals surface area contributed by atoms with Gasteiger partial charge in [0.15, 0.2) is 5.78 Å². The molecule has 2 heterocycles. The Bertz CT molecular complexity index is 495. The van der Waals surface area contributed by atoms with E-state index in [1.54, 1.807) is 0 Å². The maximum atomic E-state index is 12.4. The Balaban J connectivity index is 1.73. The van der Waals surface area contributed by atoms with Crippen molar-refractivity contribution in [3.63, 3.8) is 0 Å². The van der Waals surface area contributed by atoms with E-state index >= 15 is 0 Å². The minimum absolute atomic E-state index is 0.266. The molecule has 0 aliphatic carbocycles. The van der Waals surface area contributed by atoms with Crippen LogP contribution in [0, 0.1) is 0 Å². The molecule has 1 unspecified atom stereocenters. The minimum atomic E-state index is 0.266. The molecule has 0 N–H and O–H groups in total. The van der Waals surface area contributed by atoms with Gasteiger partial charge in [0.2, 0.25) is 0 Å². The molecule has 0 aromatic heterocycles. The van der Waals surface area contributed by atoms with Crippen molar-refractivity contribution in [3.05, 3.63) is 35.9 Å². The highest BCUT2D eigenvalue weighted by Gasteiger charge is 2.28. The average Bonchev–Trinajstić information content (AvgIpc) is 2.71. The van der Waals surface area contributed by atoms with Gasteiger partial charge in [-0.25, -0.2) is 0 Å². The number of hydrogen-bond acceptors (Lipinski definition) is 3. The molecule has 0 bridgehead atoms. The Morgan fingerprint density at radius 1 is 1.20 bits per heavy atom. The zero-order chi connectivity index (χ0) is 13.8. The Kier molecular flexibility index (Phi) is 4.14. The summed E-state index contributed by atoms with van der Waals surface area (Å²) in [4.78, 5) is 19.5. The van der Waals surface area contributed by atoms with Crippen molar-refractivity contribution >= 4 is 11.6 Å². The third kappa shape index (κ3) is 2.92. The second-order valence-electron chi connectivity index (χ2n) is 5.74. The van der Waals surface area contributed by atoms with Crippen LogP contribution in [0.3, 0.4) is 0 Å². The van der Waals surface area contributed by atoms with Crippen LogP contribution in [-0.4, -0.2) is 35.7 Å². The SMILES string of the molecule is O=C(CC1CCCCC2=NCCCN21)c1ccccc1. The van der Waals surface area contributed by atoms with Crippen LogP contribution in [0.1, 0.15) is 48.9 Å². The van der Waals surface area contributed by atoms with Crippen molar-refractivity contribution in [2.75, 3.05) is 13.1 Å². The predicted octanol–water partition coefficient (Wildman–Crippen LogP) is 3.31. The van der Waals surface area contributed by atoms with E-state index in [0.29, 0.717) is 12.5 Å². The number of carbonyl (C=O) groups is 1. The molecule has 0 saturated carbocycles. The summed E-state index contributed by atoms with van der Waals surface area (Å²) in [5.41, 5.74) is 0.840. The number of rotatable bonds is 3. The van der Waals surface area contributed by atoms with Crippen LogP contribution in [0.5, 0.6) is 0 Å². The van der Waals surface area contributed by atoms with Gasteiger partial charge in [-0.1, -0.05) is 36.8 Å². The lowest BCUT2D eigenvalue weighted by Crippen LogP contribution is -2.43. The molecule has 1 aromatic carbocycles. The zero-order valence-corrected chi connectivity index (χ0v) is 11.9. The number of nitrogens with zero attached hydrogens (tertiary/aromatic N) is 2. The summed E-state index contributed by atoms with van der Waals surface area (Å²) >= 11 is 0. The van der Waals surface area contributed by atoms with Gasteiger partial charge in [-0.05, 0) is 19.3 Å². The zero-order valence-electron chi connectivity index (χ0n) is 11.9. The van der Waals surface area contributed by atoms with Crippen molar-refractivity contribution < 1.29 is 4.79 Å². The molecule has 0 radical (unpaired) electrons. The van der Waals surface area contributed by atoms with Crippen molar-refractivity contribution in [1.29, 1.82) is 0 Å². The lowest BCUT2D eigenvalue weighted by molar-refractivity contribution is 0.0945. The number of Topliss-reactive ketones (excluding diaryl/α,β-unsaturated/α-hetero) is 1. The molecular weight excluding hydrogens is 248 g/mol. The molecule has 3 heteroatoms. The third-order valence-electron chi connectivity index (χ3n) is 4.33. The molecule has 2 aliphatic heterocycles. The van der Waals surface area contributed by atoms with E-state index in [9.17, 15) is 4.79 Å². The van der Waals surface area contributed by atoms with Crippen LogP contribution < -0.4 is 0 Å². The molecule has 1 saturated heterocycles. The molecular formula is C17H22N2O. The van der Waals surface area contributed by atoms with Crippen LogP contribution in [-0.2, 0) is 0 Å². The number of hydrogen-bond donors (Lipinski definition) is 0. The first-order valence-corrected chi connectivity index (χ1v) is 7.73. The summed E-state index contributed by atoms with van der Waals surface area (Å²) in [7, 11) is 0. The van der Waals surface area contributed by atoms with Gasteiger partial charge in [-0.15, -0.1) is 0 Å². The second-order valence-corrected chi connectivity index (χ2v) is 5.74. The third-order valence-corrected chi connectivity index (χ3v) is 4.33. The van der Waals surface area contributed by atoms with Crippen LogP contribution in [0.15, 0.2) is 35.3 Å². The molecule has 106 valence electrons. The maximum absolute atomic E-state index is 12.4. The Morgan fingerprint density at radius 3 is 2.90 bits per heavy atom. The first-order valence-electron chi connectivity index (χ1n) is 7.73. The fourth-order valence-corrected chi connectivity index (χ4v) is 3.27. The first kappa shape index (κ1) is 13.3. The lowest BCUT2D eigenvalue weighted by atomic mass is 9.99. The van der Waals surface area contributed by atoms with Crippen molar-refractivity contribution in [2.45, 2.75) is 44.6 Å². The van der Waals surface area contributed by atoms with Gasteiger partial charge in [0.05, 0.1) is 5.84 Å². The van der Waals surface area contributed by atoms with E-state index in [1.807, 2.05) is 30.3 Å². The van der Waals surface area contributed by atoms with E-state index in [2.05, 4.69) is 9.89 Å². The molecule has 0 amide bonds. The largest absolute Gasteiger partial charge is 0.357 e. The number of amidine groups is 1. The highest BCUT2D eigenvalue weighted by molar-refractivity contribution is 5.96. The smallest absolute Gasteiger partial charge is 0.164 e. The van der Waals surface area contributed by atoms with Crippen molar-refractivity contribution in [1.82, 2.24) is 4.90 Å². The van der Waals surface area contributed by atoms with Crippen LogP contribution in [0.25, 0.3) is 0 Å². The fraction of sp³-hybridized carbons (Fsp3) is 0.529. The lowest BCUT2D eigenvalue weighted by Gasteiger charge is -2.35. The number of aliphatic imine (C=N–C) groups is 1. The van der Waals surface area contributed by atoms with E-state index in [4.69, 9.17) is 0 Å². The normalized spacial score (nSPS) is 22.7. The van der Waals surface area contributed by atoms with Crippen LogP contribution >= 0.6 is 0 Å². The summed E-state index contributed by atoms with van der Waals surface area (Å²) in [6.07, 6.45) is 6.39. The monoisotopic (exact) mass is 270 g/mol. The molecule has 2 aliphatic rings. The topological polar surface area (TPSA) is 32.7 Å². The molecule has 3 nitrogen and oxygen atoms in total. The highest BCUT2D eigenvalue weighted by atomic mass is 16.1. The number of benzene rings is 1. The number of carbonyl (C=O) groups excluding carboxylic acids is 1. The van der Waals surface area contributed by atoms with E-state index in [1.165, 1.54) is 18.7 Å². The molecule has 0 spiro atoms. The standard InChI is InChI=1S/C17H22N2O/c20-16(14-7-2-1-3-8-14)13-15-9-4-5-10-17-18-11-6-12-19(15)17/h1-3,7-8,15H,4-6,9-13H2. The van der Waals surface area contributed by atoms with E-state index in [0.717, 1.165) is 37.9 Å². The Hall–Kier alpha value is -1.64. The first-order chi connectivity index (χ1) is 9.84. The predicted molar refractivity (Wildman–Crippen MR) is 81.3 cm³/mol. The molecule has 20 heavy (non-hydrogen) atoms. The Morgan fingerprint density at radius 2 is 2.05 bits per heavy atom. The van der Waals surface area contributed by atoms with Gasteiger partial charge in [0, 0.05) is 37.5 Å². The van der Waals surface area contributed by atoms with Gasteiger partial charge in [-0.3, -0.25) is 9.79 Å². The van der Waals surface area contributed by atoms with E-state index < -0.39 is 0 Å². The molecule has 1 fully saturated rings. The molecule has 3 rings (SSSR count). The average molecular weight is 270 g/mol. The minimum Gasteiger partial charge on any atom is -0.357 e. The summed E-state index contributed by atoms with van der Waals surface area (Å²) in [6, 6.07) is 10.0. The van der Waals surface area contributed by atoms with Gasteiger partial charge < -0.3 is 4.90 Å². The van der Waals surface area contributed by atoms with Crippen LogP contribution in [0.2, 0.25) is 0 Å². The number of fused-ring (bicyclic) bond motifs is 1. The molecule has 1 aromatic rings. The van der Waals surface area contributed by atoms with Crippen molar-refractivity contribution in [3.8, 4) is 0 Å². The van der Waals surface area contributed by atoms with Crippen LogP contribution in [0.4, 0.5) is 0 Å².